The summed E-state index contributed by atoms with van der Waals surface area (Å²) in [7, 11) is 0. The van der Waals surface area contributed by atoms with Crippen LogP contribution >= 0.6 is 0 Å². The molecule has 20 heavy (non-hydrogen) atoms. The molecule has 0 amide bonds. The van der Waals surface area contributed by atoms with Crippen molar-refractivity contribution in [3.05, 3.63) is 53.3 Å². The molecule has 1 saturated carbocycles. The number of aryl methyl sites for hydroxylation is 1. The van der Waals surface area contributed by atoms with Gasteiger partial charge in [-0.1, -0.05) is 31.5 Å². The van der Waals surface area contributed by atoms with E-state index in [2.05, 4.69) is 67.1 Å². The maximum Gasteiger partial charge on any atom is 0.0455 e. The summed E-state index contributed by atoms with van der Waals surface area (Å²) in [4.78, 5) is 0. The Hall–Kier alpha value is -1.54. The van der Waals surface area contributed by atoms with Crippen LogP contribution in [-0.2, 0) is 6.54 Å². The standard InChI is InChI=1S/C18H24N2/c1-4-15-11-18(15)19-12-16-10-13(2)20(14(16)3)17-8-6-5-7-9-17/h5-10,15,18-19H,4,11-12H2,1-3H3. The second-order valence-electron chi connectivity index (χ2n) is 5.96. The van der Waals surface area contributed by atoms with Crippen LogP contribution in [0.15, 0.2) is 36.4 Å². The van der Waals surface area contributed by atoms with Crippen LogP contribution in [-0.4, -0.2) is 10.6 Å². The van der Waals surface area contributed by atoms with Gasteiger partial charge in [-0.25, -0.2) is 0 Å². The summed E-state index contributed by atoms with van der Waals surface area (Å²) in [6.45, 7) is 7.69. The average Bonchev–Trinajstić information content (AvgIpc) is 3.17. The molecule has 1 N–H and O–H groups in total. The van der Waals surface area contributed by atoms with Crippen molar-refractivity contribution in [2.75, 3.05) is 0 Å². The summed E-state index contributed by atoms with van der Waals surface area (Å²) in [6, 6.07) is 13.7. The highest BCUT2D eigenvalue weighted by Gasteiger charge is 2.34. The van der Waals surface area contributed by atoms with Gasteiger partial charge >= 0.3 is 0 Å². The lowest BCUT2D eigenvalue weighted by Crippen LogP contribution is -2.17. The number of para-hydroxylation sites is 1. The van der Waals surface area contributed by atoms with E-state index in [1.807, 2.05) is 0 Å². The van der Waals surface area contributed by atoms with Gasteiger partial charge in [0.25, 0.3) is 0 Å². The maximum absolute atomic E-state index is 3.69. The molecule has 1 aromatic carbocycles. The smallest absolute Gasteiger partial charge is 0.0455 e. The molecule has 0 bridgehead atoms. The van der Waals surface area contributed by atoms with Crippen molar-refractivity contribution in [2.24, 2.45) is 5.92 Å². The fourth-order valence-electron chi connectivity index (χ4n) is 3.17. The van der Waals surface area contributed by atoms with Crippen LogP contribution in [0.5, 0.6) is 0 Å². The van der Waals surface area contributed by atoms with Crippen molar-refractivity contribution in [1.82, 2.24) is 9.88 Å². The second-order valence-corrected chi connectivity index (χ2v) is 5.96. The molecule has 1 aliphatic carbocycles. The molecule has 106 valence electrons. The quantitative estimate of drug-likeness (QED) is 0.868. The Labute approximate surface area is 121 Å². The first-order chi connectivity index (χ1) is 9.70. The van der Waals surface area contributed by atoms with Crippen LogP contribution < -0.4 is 5.32 Å². The molecule has 2 heteroatoms. The first kappa shape index (κ1) is 13.4. The molecule has 2 atom stereocenters. The van der Waals surface area contributed by atoms with E-state index in [0.717, 1.165) is 18.5 Å². The molecule has 2 nitrogen and oxygen atoms in total. The zero-order chi connectivity index (χ0) is 14.1. The third kappa shape index (κ3) is 2.53. The summed E-state index contributed by atoms with van der Waals surface area (Å²) in [5, 5.41) is 3.69. The lowest BCUT2D eigenvalue weighted by molar-refractivity contribution is 0.621. The molecule has 1 fully saturated rings. The normalized spacial score (nSPS) is 21.1. The zero-order valence-electron chi connectivity index (χ0n) is 12.7. The van der Waals surface area contributed by atoms with Crippen LogP contribution in [0.25, 0.3) is 5.69 Å². The van der Waals surface area contributed by atoms with Gasteiger partial charge in [-0.2, -0.15) is 0 Å². The molecule has 1 heterocycles. The molecule has 0 radical (unpaired) electrons. The van der Waals surface area contributed by atoms with E-state index in [1.165, 1.54) is 35.5 Å². The minimum Gasteiger partial charge on any atom is -0.318 e. The maximum atomic E-state index is 3.69. The van der Waals surface area contributed by atoms with Crippen LogP contribution in [0.4, 0.5) is 0 Å². The van der Waals surface area contributed by atoms with Gasteiger partial charge in [0, 0.05) is 29.7 Å². The Bertz CT molecular complexity index is 583. The molecule has 2 unspecified atom stereocenters. The van der Waals surface area contributed by atoms with Crippen LogP contribution in [0.1, 0.15) is 36.7 Å². The summed E-state index contributed by atoms with van der Waals surface area (Å²) in [5.74, 6) is 0.910. The van der Waals surface area contributed by atoms with Crippen molar-refractivity contribution >= 4 is 0 Å². The van der Waals surface area contributed by atoms with E-state index >= 15 is 0 Å². The van der Waals surface area contributed by atoms with Gasteiger partial charge in [-0.05, 0) is 49.9 Å². The Morgan fingerprint density at radius 3 is 2.60 bits per heavy atom. The highest BCUT2D eigenvalue weighted by Crippen LogP contribution is 2.33. The molecule has 1 aromatic heterocycles. The Kier molecular flexibility index (Phi) is 3.66. The third-order valence-electron chi connectivity index (χ3n) is 4.55. The number of benzene rings is 1. The monoisotopic (exact) mass is 268 g/mol. The first-order valence-corrected chi connectivity index (χ1v) is 7.67. The van der Waals surface area contributed by atoms with E-state index in [9.17, 15) is 0 Å². The summed E-state index contributed by atoms with van der Waals surface area (Å²) < 4.78 is 2.35. The molecular weight excluding hydrogens is 244 g/mol. The van der Waals surface area contributed by atoms with Gasteiger partial charge in [0.15, 0.2) is 0 Å². The van der Waals surface area contributed by atoms with E-state index < -0.39 is 0 Å². The average molecular weight is 268 g/mol. The van der Waals surface area contributed by atoms with Crippen molar-refractivity contribution < 1.29 is 0 Å². The van der Waals surface area contributed by atoms with Crippen molar-refractivity contribution in [3.63, 3.8) is 0 Å². The first-order valence-electron chi connectivity index (χ1n) is 7.67. The van der Waals surface area contributed by atoms with Crippen LogP contribution in [0.2, 0.25) is 0 Å². The highest BCUT2D eigenvalue weighted by atomic mass is 15.0. The molecule has 3 rings (SSSR count). The van der Waals surface area contributed by atoms with Crippen molar-refractivity contribution in [2.45, 2.75) is 46.2 Å². The SMILES string of the molecule is CCC1CC1NCc1cc(C)n(-c2ccccc2)c1C. The van der Waals surface area contributed by atoms with Gasteiger partial charge in [0.05, 0.1) is 0 Å². The van der Waals surface area contributed by atoms with Gasteiger partial charge in [-0.15, -0.1) is 0 Å². The van der Waals surface area contributed by atoms with Crippen molar-refractivity contribution in [3.8, 4) is 5.69 Å². The van der Waals surface area contributed by atoms with Gasteiger partial charge in [0.1, 0.15) is 0 Å². The van der Waals surface area contributed by atoms with Crippen molar-refractivity contribution in [1.29, 1.82) is 0 Å². The Balaban J connectivity index is 1.77. The molecular formula is C18H24N2. The van der Waals surface area contributed by atoms with E-state index in [4.69, 9.17) is 0 Å². The van der Waals surface area contributed by atoms with Gasteiger partial charge < -0.3 is 9.88 Å². The molecule has 2 aromatic rings. The summed E-state index contributed by atoms with van der Waals surface area (Å²) in [5.41, 5.74) is 5.35. The fourth-order valence-corrected chi connectivity index (χ4v) is 3.17. The van der Waals surface area contributed by atoms with Crippen LogP contribution in [0, 0.1) is 19.8 Å². The lowest BCUT2D eigenvalue weighted by Gasteiger charge is -2.10. The topological polar surface area (TPSA) is 17.0 Å². The largest absolute Gasteiger partial charge is 0.318 e. The number of hydrogen-bond acceptors (Lipinski definition) is 1. The fraction of sp³-hybridized carbons (Fsp3) is 0.444. The van der Waals surface area contributed by atoms with E-state index in [1.54, 1.807) is 0 Å². The minimum absolute atomic E-state index is 0.750. The molecule has 0 spiro atoms. The van der Waals surface area contributed by atoms with Gasteiger partial charge in [0.2, 0.25) is 0 Å². The molecule has 1 aliphatic rings. The second kappa shape index (κ2) is 5.45. The number of nitrogens with zero attached hydrogens (tertiary/aromatic N) is 1. The number of aromatic nitrogens is 1. The lowest BCUT2D eigenvalue weighted by atomic mass is 10.2. The van der Waals surface area contributed by atoms with Gasteiger partial charge in [-0.3, -0.25) is 0 Å². The zero-order valence-corrected chi connectivity index (χ0v) is 12.7. The summed E-state index contributed by atoms with van der Waals surface area (Å²) in [6.07, 6.45) is 2.66. The number of hydrogen-bond donors (Lipinski definition) is 1. The molecule has 0 saturated heterocycles. The predicted octanol–water partition coefficient (Wildman–Crippen LogP) is 3.98. The Morgan fingerprint density at radius 2 is 1.95 bits per heavy atom. The van der Waals surface area contributed by atoms with E-state index in [0.29, 0.717) is 0 Å². The van der Waals surface area contributed by atoms with E-state index in [-0.39, 0.29) is 0 Å². The van der Waals surface area contributed by atoms with Crippen LogP contribution in [0.3, 0.4) is 0 Å². The Morgan fingerprint density at radius 1 is 1.20 bits per heavy atom. The number of rotatable bonds is 5. The minimum atomic E-state index is 0.750. The predicted molar refractivity (Wildman–Crippen MR) is 84.3 cm³/mol. The number of nitrogens with one attached hydrogen (secondary N) is 1. The molecule has 0 aliphatic heterocycles. The summed E-state index contributed by atoms with van der Waals surface area (Å²) >= 11 is 0. The highest BCUT2D eigenvalue weighted by molar-refractivity contribution is 5.40. The third-order valence-corrected chi connectivity index (χ3v) is 4.55.